The Morgan fingerprint density at radius 2 is 1.73 bits per heavy atom. The van der Waals surface area contributed by atoms with Crippen LogP contribution in [0, 0.1) is 0 Å². The van der Waals surface area contributed by atoms with E-state index in [-0.39, 0.29) is 23.5 Å². The van der Waals surface area contributed by atoms with Gasteiger partial charge in [0.2, 0.25) is 5.91 Å². The molecule has 3 aromatic carbocycles. The Kier molecular flexibility index (Phi) is 7.10. The van der Waals surface area contributed by atoms with Gasteiger partial charge >= 0.3 is 0 Å². The molecule has 0 saturated carbocycles. The molecule has 0 unspecified atom stereocenters. The summed E-state index contributed by atoms with van der Waals surface area (Å²) in [5, 5.41) is 5.51. The van der Waals surface area contributed by atoms with Crippen molar-refractivity contribution in [2.45, 2.75) is 17.9 Å². The molecule has 0 bridgehead atoms. The van der Waals surface area contributed by atoms with Gasteiger partial charge in [0.25, 0.3) is 11.8 Å². The largest absolute Gasteiger partial charge is 0.355 e. The predicted octanol–water partition coefficient (Wildman–Crippen LogP) is 3.66. The molecule has 3 aromatic rings. The molecule has 4 rings (SSSR count). The van der Waals surface area contributed by atoms with Gasteiger partial charge in [0.1, 0.15) is 0 Å². The molecule has 0 radical (unpaired) electrons. The van der Waals surface area contributed by atoms with Crippen LogP contribution in [-0.2, 0) is 17.8 Å². The summed E-state index contributed by atoms with van der Waals surface area (Å²) >= 11 is 1.37. The molecule has 1 heterocycles. The smallest absolute Gasteiger partial charge is 0.252 e. The average Bonchev–Trinajstić information content (AvgIpc) is 3.30. The second-order valence-corrected chi connectivity index (χ2v) is 8.69. The first kappa shape index (κ1) is 22.6. The molecule has 0 atom stereocenters. The lowest BCUT2D eigenvalue weighted by Crippen LogP contribution is -2.30. The van der Waals surface area contributed by atoms with E-state index in [9.17, 15) is 14.4 Å². The molecule has 168 valence electrons. The van der Waals surface area contributed by atoms with Gasteiger partial charge in [0.15, 0.2) is 0 Å². The van der Waals surface area contributed by atoms with Crippen molar-refractivity contribution in [3.63, 3.8) is 0 Å². The summed E-state index contributed by atoms with van der Waals surface area (Å²) in [4.78, 5) is 40.1. The average molecular weight is 460 g/mol. The molecule has 0 spiro atoms. The Labute approximate surface area is 197 Å². The maximum atomic E-state index is 12.9. The van der Waals surface area contributed by atoms with Crippen molar-refractivity contribution in [1.82, 2.24) is 10.6 Å². The van der Waals surface area contributed by atoms with E-state index in [1.807, 2.05) is 47.4 Å². The van der Waals surface area contributed by atoms with Crippen LogP contribution in [0.4, 0.5) is 5.69 Å². The molecule has 33 heavy (non-hydrogen) atoms. The van der Waals surface area contributed by atoms with Gasteiger partial charge in [-0.2, -0.15) is 0 Å². The molecule has 3 amide bonds. The summed E-state index contributed by atoms with van der Waals surface area (Å²) in [5.74, 6) is -0.101. The third-order valence-corrected chi connectivity index (χ3v) is 6.60. The summed E-state index contributed by atoms with van der Waals surface area (Å²) in [6.45, 7) is 0.988. The number of amides is 3. The number of nitrogens with one attached hydrogen (secondary N) is 2. The number of carbonyl (C=O) groups is 3. The van der Waals surface area contributed by atoms with Crippen LogP contribution in [0.25, 0.3) is 0 Å². The Hall–Kier alpha value is -3.58. The maximum Gasteiger partial charge on any atom is 0.252 e. The van der Waals surface area contributed by atoms with Gasteiger partial charge in [-0.05, 0) is 47.9 Å². The molecule has 0 saturated heterocycles. The van der Waals surface area contributed by atoms with Crippen LogP contribution in [0.3, 0.4) is 0 Å². The van der Waals surface area contributed by atoms with E-state index in [4.69, 9.17) is 0 Å². The van der Waals surface area contributed by atoms with E-state index < -0.39 is 0 Å². The number of carbonyl (C=O) groups excluding carboxylic acids is 3. The Balaban J connectivity index is 1.39. The van der Waals surface area contributed by atoms with E-state index in [1.54, 1.807) is 31.3 Å². The Morgan fingerprint density at radius 3 is 2.58 bits per heavy atom. The van der Waals surface area contributed by atoms with Crippen molar-refractivity contribution >= 4 is 35.2 Å². The molecule has 0 aliphatic carbocycles. The fourth-order valence-corrected chi connectivity index (χ4v) is 4.77. The number of benzene rings is 3. The summed E-state index contributed by atoms with van der Waals surface area (Å²) in [5.41, 5.74) is 4.07. The molecule has 6 nitrogen and oxygen atoms in total. The lowest BCUT2D eigenvalue weighted by molar-refractivity contribution is -0.116. The van der Waals surface area contributed by atoms with Gasteiger partial charge < -0.3 is 15.5 Å². The highest BCUT2D eigenvalue weighted by atomic mass is 32.2. The first-order valence-electron chi connectivity index (χ1n) is 10.8. The van der Waals surface area contributed by atoms with Crippen molar-refractivity contribution in [2.75, 3.05) is 24.2 Å². The molecule has 1 aliphatic heterocycles. The minimum Gasteiger partial charge on any atom is -0.355 e. The standard InChI is InChI=1S/C26H25N3O3S/c1-27-25(31)20-9-6-7-18(15-20)16-28-26(32)21-10-3-5-12-23(21)33-17-24(30)29-14-13-19-8-2-4-11-22(19)29/h2-12,15H,13-14,16-17H2,1H3,(H,27,31)(H,28,32). The molecule has 7 heteroatoms. The van der Waals surface area contributed by atoms with Crippen LogP contribution in [-0.4, -0.2) is 37.1 Å². The quantitative estimate of drug-likeness (QED) is 0.529. The number of para-hydroxylation sites is 1. The summed E-state index contributed by atoms with van der Waals surface area (Å²) in [6.07, 6.45) is 0.868. The van der Waals surface area contributed by atoms with Crippen molar-refractivity contribution in [1.29, 1.82) is 0 Å². The van der Waals surface area contributed by atoms with Gasteiger partial charge in [-0.3, -0.25) is 14.4 Å². The fourth-order valence-electron chi connectivity index (χ4n) is 3.84. The molecule has 0 aromatic heterocycles. The van der Waals surface area contributed by atoms with Crippen LogP contribution in [0.1, 0.15) is 31.8 Å². The second kappa shape index (κ2) is 10.4. The molecular formula is C26H25N3O3S. The van der Waals surface area contributed by atoms with E-state index in [2.05, 4.69) is 16.7 Å². The Bertz CT molecular complexity index is 1190. The highest BCUT2D eigenvalue weighted by molar-refractivity contribution is 8.00. The monoisotopic (exact) mass is 459 g/mol. The van der Waals surface area contributed by atoms with E-state index in [1.165, 1.54) is 17.3 Å². The van der Waals surface area contributed by atoms with Crippen molar-refractivity contribution in [3.8, 4) is 0 Å². The number of hydrogen-bond donors (Lipinski definition) is 2. The van der Waals surface area contributed by atoms with Crippen LogP contribution in [0.5, 0.6) is 0 Å². The maximum absolute atomic E-state index is 12.9. The number of hydrogen-bond acceptors (Lipinski definition) is 4. The second-order valence-electron chi connectivity index (χ2n) is 7.67. The molecule has 2 N–H and O–H groups in total. The normalized spacial score (nSPS) is 12.2. The third kappa shape index (κ3) is 5.26. The van der Waals surface area contributed by atoms with Gasteiger partial charge in [-0.15, -0.1) is 11.8 Å². The number of anilines is 1. The van der Waals surface area contributed by atoms with Gasteiger partial charge in [0, 0.05) is 36.3 Å². The zero-order valence-corrected chi connectivity index (χ0v) is 19.2. The first-order chi connectivity index (χ1) is 16.1. The summed E-state index contributed by atoms with van der Waals surface area (Å²) < 4.78 is 0. The predicted molar refractivity (Wildman–Crippen MR) is 131 cm³/mol. The zero-order valence-electron chi connectivity index (χ0n) is 18.3. The van der Waals surface area contributed by atoms with Crippen molar-refractivity contribution in [2.24, 2.45) is 0 Å². The molecular weight excluding hydrogens is 434 g/mol. The SMILES string of the molecule is CNC(=O)c1cccc(CNC(=O)c2ccccc2SCC(=O)N2CCc3ccccc32)c1. The number of rotatable bonds is 7. The van der Waals surface area contributed by atoms with Gasteiger partial charge in [-0.25, -0.2) is 0 Å². The highest BCUT2D eigenvalue weighted by Crippen LogP contribution is 2.29. The van der Waals surface area contributed by atoms with E-state index in [0.717, 1.165) is 22.6 Å². The number of fused-ring (bicyclic) bond motifs is 1. The molecule has 1 aliphatic rings. The van der Waals surface area contributed by atoms with Gasteiger partial charge in [-0.1, -0.05) is 42.5 Å². The third-order valence-electron chi connectivity index (χ3n) is 5.54. The van der Waals surface area contributed by atoms with Crippen LogP contribution < -0.4 is 15.5 Å². The lowest BCUT2D eigenvalue weighted by atomic mass is 10.1. The minimum absolute atomic E-state index is 0.0335. The van der Waals surface area contributed by atoms with Crippen LogP contribution >= 0.6 is 11.8 Å². The van der Waals surface area contributed by atoms with Crippen molar-refractivity contribution < 1.29 is 14.4 Å². The minimum atomic E-state index is -0.220. The number of thioether (sulfide) groups is 1. The van der Waals surface area contributed by atoms with E-state index in [0.29, 0.717) is 24.2 Å². The van der Waals surface area contributed by atoms with E-state index >= 15 is 0 Å². The number of nitrogens with zero attached hydrogens (tertiary/aromatic N) is 1. The molecule has 0 fully saturated rings. The topological polar surface area (TPSA) is 78.5 Å². The first-order valence-corrected chi connectivity index (χ1v) is 11.7. The fraction of sp³-hybridized carbons (Fsp3) is 0.192. The summed E-state index contributed by atoms with van der Waals surface area (Å²) in [6, 6.07) is 22.4. The van der Waals surface area contributed by atoms with Crippen molar-refractivity contribution in [3.05, 3.63) is 95.1 Å². The highest BCUT2D eigenvalue weighted by Gasteiger charge is 2.24. The zero-order chi connectivity index (χ0) is 23.2. The van der Waals surface area contributed by atoms with Crippen LogP contribution in [0.15, 0.2) is 77.7 Å². The lowest BCUT2D eigenvalue weighted by Gasteiger charge is -2.17. The Morgan fingerprint density at radius 1 is 0.939 bits per heavy atom. The summed E-state index contributed by atoms with van der Waals surface area (Å²) in [7, 11) is 1.58. The van der Waals surface area contributed by atoms with Gasteiger partial charge in [0.05, 0.1) is 11.3 Å². The van der Waals surface area contributed by atoms with Crippen LogP contribution in [0.2, 0.25) is 0 Å².